The number of morpholine rings is 1. The lowest BCUT2D eigenvalue weighted by Crippen LogP contribution is -2.60. The van der Waals surface area contributed by atoms with Crippen LogP contribution >= 0.6 is 0 Å². The topological polar surface area (TPSA) is 41.7 Å². The highest BCUT2D eigenvalue weighted by Crippen LogP contribution is 2.34. The van der Waals surface area contributed by atoms with Crippen LogP contribution in [0.5, 0.6) is 0 Å². The van der Waals surface area contributed by atoms with E-state index in [4.69, 9.17) is 10.5 Å². The molecule has 3 unspecified atom stereocenters. The van der Waals surface area contributed by atoms with Crippen molar-refractivity contribution in [2.45, 2.75) is 37.0 Å². The molecule has 0 saturated carbocycles. The van der Waals surface area contributed by atoms with Gasteiger partial charge in [0.2, 0.25) is 0 Å². The van der Waals surface area contributed by atoms with E-state index >= 15 is 0 Å². The average molecular weight is 225 g/mol. The van der Waals surface area contributed by atoms with Gasteiger partial charge in [-0.3, -0.25) is 4.90 Å². The maximum Gasteiger partial charge on any atom is 0.0707 e. The summed E-state index contributed by atoms with van der Waals surface area (Å²) < 4.78 is 5.91. The second-order valence-electron chi connectivity index (χ2n) is 5.78. The van der Waals surface area contributed by atoms with Crippen molar-refractivity contribution in [2.24, 2.45) is 5.73 Å². The van der Waals surface area contributed by atoms with Crippen LogP contribution in [-0.4, -0.2) is 67.3 Å². The molecule has 3 aliphatic rings. The Balaban J connectivity index is 1.75. The van der Waals surface area contributed by atoms with Crippen molar-refractivity contribution < 1.29 is 4.74 Å². The van der Waals surface area contributed by atoms with Crippen molar-refractivity contribution in [3.63, 3.8) is 0 Å². The normalized spacial score (nSPS) is 45.4. The molecule has 3 aliphatic heterocycles. The molecule has 0 aromatic carbocycles. The minimum Gasteiger partial charge on any atom is -0.372 e. The molecular formula is C12H23N3O. The Morgan fingerprint density at radius 2 is 2.00 bits per heavy atom. The smallest absolute Gasteiger partial charge is 0.0707 e. The number of fused-ring (bicyclic) bond motifs is 2. The minimum atomic E-state index is 0.235. The van der Waals surface area contributed by atoms with Crippen molar-refractivity contribution in [3.05, 3.63) is 0 Å². The Kier molecular flexibility index (Phi) is 2.70. The van der Waals surface area contributed by atoms with E-state index in [9.17, 15) is 0 Å². The molecule has 3 atom stereocenters. The van der Waals surface area contributed by atoms with Crippen molar-refractivity contribution in [1.29, 1.82) is 0 Å². The highest BCUT2D eigenvalue weighted by atomic mass is 16.5. The molecule has 3 rings (SSSR count). The summed E-state index contributed by atoms with van der Waals surface area (Å²) in [5, 5.41) is 0. The number of likely N-dealkylation sites (tertiary alicyclic amines) is 2. The van der Waals surface area contributed by atoms with Crippen molar-refractivity contribution in [1.82, 2.24) is 9.80 Å². The predicted molar refractivity (Wildman–Crippen MR) is 63.4 cm³/mol. The monoisotopic (exact) mass is 225 g/mol. The summed E-state index contributed by atoms with van der Waals surface area (Å²) >= 11 is 0. The molecule has 3 heterocycles. The van der Waals surface area contributed by atoms with Gasteiger partial charge in [-0.15, -0.1) is 0 Å². The van der Waals surface area contributed by atoms with E-state index in [1.165, 1.54) is 25.8 Å². The lowest BCUT2D eigenvalue weighted by molar-refractivity contribution is -0.0739. The van der Waals surface area contributed by atoms with Gasteiger partial charge < -0.3 is 15.4 Å². The van der Waals surface area contributed by atoms with Crippen LogP contribution < -0.4 is 5.73 Å². The summed E-state index contributed by atoms with van der Waals surface area (Å²) in [5.41, 5.74) is 6.30. The Bertz CT molecular complexity index is 261. The highest BCUT2D eigenvalue weighted by Gasteiger charge is 2.46. The van der Waals surface area contributed by atoms with Crippen LogP contribution in [0.4, 0.5) is 0 Å². The van der Waals surface area contributed by atoms with Crippen LogP contribution in [0.1, 0.15) is 19.3 Å². The fourth-order valence-corrected chi connectivity index (χ4v) is 3.62. The molecule has 2 N–H and O–H groups in total. The van der Waals surface area contributed by atoms with Gasteiger partial charge in [0, 0.05) is 31.7 Å². The summed E-state index contributed by atoms with van der Waals surface area (Å²) in [4.78, 5) is 5.03. The second kappa shape index (κ2) is 3.95. The SMILES string of the molecule is CN1CCC(CN)(N2CC3CCC(C2)O3)C1. The molecule has 0 radical (unpaired) electrons. The quantitative estimate of drug-likeness (QED) is 0.711. The van der Waals surface area contributed by atoms with E-state index in [-0.39, 0.29) is 5.54 Å². The van der Waals surface area contributed by atoms with Crippen LogP contribution in [0.3, 0.4) is 0 Å². The first-order valence-electron chi connectivity index (χ1n) is 6.51. The Morgan fingerprint density at radius 3 is 2.50 bits per heavy atom. The molecule has 16 heavy (non-hydrogen) atoms. The Morgan fingerprint density at radius 1 is 1.31 bits per heavy atom. The molecule has 4 nitrogen and oxygen atoms in total. The summed E-state index contributed by atoms with van der Waals surface area (Å²) in [5.74, 6) is 0. The number of hydrogen-bond donors (Lipinski definition) is 1. The van der Waals surface area contributed by atoms with Gasteiger partial charge in [-0.25, -0.2) is 0 Å². The van der Waals surface area contributed by atoms with E-state index in [2.05, 4.69) is 16.8 Å². The molecule has 0 amide bonds. The van der Waals surface area contributed by atoms with E-state index in [0.717, 1.165) is 26.2 Å². The van der Waals surface area contributed by atoms with E-state index in [1.807, 2.05) is 0 Å². The van der Waals surface area contributed by atoms with Crippen LogP contribution in [0.25, 0.3) is 0 Å². The average Bonchev–Trinajstić information content (AvgIpc) is 2.83. The number of likely N-dealkylation sites (N-methyl/N-ethyl adjacent to an activating group) is 1. The third-order valence-corrected chi connectivity index (χ3v) is 4.62. The fraction of sp³-hybridized carbons (Fsp3) is 1.00. The van der Waals surface area contributed by atoms with Crippen LogP contribution in [0.2, 0.25) is 0 Å². The van der Waals surface area contributed by atoms with E-state index < -0.39 is 0 Å². The number of nitrogens with zero attached hydrogens (tertiary/aromatic N) is 2. The molecule has 3 fully saturated rings. The summed E-state index contributed by atoms with van der Waals surface area (Å²) in [7, 11) is 2.20. The number of nitrogens with two attached hydrogens (primary N) is 1. The zero-order valence-corrected chi connectivity index (χ0v) is 10.2. The third-order valence-electron chi connectivity index (χ3n) is 4.62. The maximum absolute atomic E-state index is 6.06. The lowest BCUT2D eigenvalue weighted by atomic mass is 9.95. The molecule has 0 aromatic heterocycles. The van der Waals surface area contributed by atoms with Crippen LogP contribution in [0, 0.1) is 0 Å². The number of ether oxygens (including phenoxy) is 1. The van der Waals surface area contributed by atoms with Gasteiger partial charge >= 0.3 is 0 Å². The van der Waals surface area contributed by atoms with E-state index in [0.29, 0.717) is 12.2 Å². The zero-order chi connectivity index (χ0) is 11.2. The first-order chi connectivity index (χ1) is 7.72. The Hall–Kier alpha value is -0.160. The van der Waals surface area contributed by atoms with Gasteiger partial charge in [0.05, 0.1) is 12.2 Å². The lowest BCUT2D eigenvalue weighted by Gasteiger charge is -2.44. The molecule has 2 bridgehead atoms. The maximum atomic E-state index is 6.06. The molecule has 92 valence electrons. The molecule has 3 saturated heterocycles. The van der Waals surface area contributed by atoms with Gasteiger partial charge in [-0.05, 0) is 32.9 Å². The Labute approximate surface area is 97.7 Å². The van der Waals surface area contributed by atoms with Crippen molar-refractivity contribution >= 4 is 0 Å². The first-order valence-corrected chi connectivity index (χ1v) is 6.51. The minimum absolute atomic E-state index is 0.235. The molecule has 0 aliphatic carbocycles. The van der Waals surface area contributed by atoms with E-state index in [1.54, 1.807) is 0 Å². The van der Waals surface area contributed by atoms with Crippen molar-refractivity contribution in [3.8, 4) is 0 Å². The summed E-state index contributed by atoms with van der Waals surface area (Å²) in [6.45, 7) is 5.30. The number of rotatable bonds is 2. The standard InChI is InChI=1S/C12H23N3O/c1-14-5-4-12(8-13,9-14)15-6-10-2-3-11(7-15)16-10/h10-11H,2-9,13H2,1H3. The van der Waals surface area contributed by atoms with Gasteiger partial charge in [0.1, 0.15) is 0 Å². The second-order valence-corrected chi connectivity index (χ2v) is 5.78. The fourth-order valence-electron chi connectivity index (χ4n) is 3.62. The molecule has 4 heteroatoms. The summed E-state index contributed by atoms with van der Waals surface area (Å²) in [6, 6.07) is 0. The molecular weight excluding hydrogens is 202 g/mol. The largest absolute Gasteiger partial charge is 0.372 e. The van der Waals surface area contributed by atoms with Gasteiger partial charge in [0.15, 0.2) is 0 Å². The van der Waals surface area contributed by atoms with Gasteiger partial charge in [-0.1, -0.05) is 0 Å². The van der Waals surface area contributed by atoms with Gasteiger partial charge in [-0.2, -0.15) is 0 Å². The van der Waals surface area contributed by atoms with Crippen molar-refractivity contribution in [2.75, 3.05) is 39.8 Å². The zero-order valence-electron chi connectivity index (χ0n) is 10.2. The first kappa shape index (κ1) is 11.0. The van der Waals surface area contributed by atoms with Crippen LogP contribution in [0.15, 0.2) is 0 Å². The molecule has 0 aromatic rings. The summed E-state index contributed by atoms with van der Waals surface area (Å²) in [6.07, 6.45) is 4.68. The predicted octanol–water partition coefficient (Wildman–Crippen LogP) is -0.117. The molecule has 0 spiro atoms. The third kappa shape index (κ3) is 1.68. The van der Waals surface area contributed by atoms with Crippen LogP contribution in [-0.2, 0) is 4.74 Å². The highest BCUT2D eigenvalue weighted by molar-refractivity contribution is 5.02. The number of hydrogen-bond acceptors (Lipinski definition) is 4. The van der Waals surface area contributed by atoms with Gasteiger partial charge in [0.25, 0.3) is 0 Å².